The van der Waals surface area contributed by atoms with Crippen molar-refractivity contribution in [2.24, 2.45) is 7.05 Å². The first-order valence-electron chi connectivity index (χ1n) is 4.93. The van der Waals surface area contributed by atoms with Gasteiger partial charge in [-0.1, -0.05) is 0 Å². The minimum Gasteiger partial charge on any atom is -0.444 e. The predicted octanol–water partition coefficient (Wildman–Crippen LogP) is 2.18. The maximum absolute atomic E-state index is 11.4. The van der Waals surface area contributed by atoms with E-state index < -0.39 is 11.7 Å². The number of aldehydes is 1. The number of aromatic nitrogens is 1. The summed E-state index contributed by atoms with van der Waals surface area (Å²) >= 11 is 0. The summed E-state index contributed by atoms with van der Waals surface area (Å²) in [5.41, 5.74) is 0.497. The number of carbonyl (C=O) groups is 2. The Labute approximate surface area is 94.4 Å². The van der Waals surface area contributed by atoms with E-state index in [1.165, 1.54) is 0 Å². The lowest BCUT2D eigenvalue weighted by Gasteiger charge is -2.19. The van der Waals surface area contributed by atoms with E-state index in [2.05, 4.69) is 5.32 Å². The molecule has 1 aromatic heterocycles. The molecule has 5 heteroatoms. The lowest BCUT2D eigenvalue weighted by Crippen LogP contribution is -2.27. The monoisotopic (exact) mass is 224 g/mol. The highest BCUT2D eigenvalue weighted by Crippen LogP contribution is 2.13. The second-order valence-electron chi connectivity index (χ2n) is 4.51. The number of rotatable bonds is 2. The number of nitrogens with zero attached hydrogens (tertiary/aromatic N) is 1. The van der Waals surface area contributed by atoms with Crippen LogP contribution in [0.5, 0.6) is 0 Å². The zero-order chi connectivity index (χ0) is 12.3. The first-order chi connectivity index (χ1) is 7.31. The second kappa shape index (κ2) is 4.38. The van der Waals surface area contributed by atoms with Gasteiger partial charge in [0.15, 0.2) is 6.29 Å². The van der Waals surface area contributed by atoms with Crippen LogP contribution < -0.4 is 5.32 Å². The summed E-state index contributed by atoms with van der Waals surface area (Å²) in [6.45, 7) is 5.36. The minimum absolute atomic E-state index is 0.492. The number of anilines is 1. The van der Waals surface area contributed by atoms with Crippen molar-refractivity contribution in [2.75, 3.05) is 5.32 Å². The Balaban J connectivity index is 2.66. The summed E-state index contributed by atoms with van der Waals surface area (Å²) in [5, 5.41) is 2.55. The van der Waals surface area contributed by atoms with Gasteiger partial charge in [-0.05, 0) is 26.8 Å². The van der Waals surface area contributed by atoms with Gasteiger partial charge in [-0.3, -0.25) is 10.1 Å². The highest BCUT2D eigenvalue weighted by Gasteiger charge is 2.16. The molecule has 0 unspecified atom stereocenters. The normalized spacial score (nSPS) is 11.0. The molecule has 0 aliphatic heterocycles. The van der Waals surface area contributed by atoms with E-state index in [-0.39, 0.29) is 0 Å². The molecule has 1 N–H and O–H groups in total. The lowest BCUT2D eigenvalue weighted by atomic mass is 10.2. The van der Waals surface area contributed by atoms with Crippen molar-refractivity contribution in [1.29, 1.82) is 0 Å². The molecule has 88 valence electrons. The molecule has 0 bridgehead atoms. The average Bonchev–Trinajstić information content (AvgIpc) is 2.42. The molecule has 16 heavy (non-hydrogen) atoms. The molecular weight excluding hydrogens is 208 g/mol. The lowest BCUT2D eigenvalue weighted by molar-refractivity contribution is 0.0636. The Hall–Kier alpha value is -1.78. The summed E-state index contributed by atoms with van der Waals surface area (Å²) < 4.78 is 6.70. The van der Waals surface area contributed by atoms with Crippen molar-refractivity contribution in [3.05, 3.63) is 18.0 Å². The van der Waals surface area contributed by atoms with Crippen molar-refractivity contribution in [2.45, 2.75) is 26.4 Å². The van der Waals surface area contributed by atoms with Crippen molar-refractivity contribution < 1.29 is 14.3 Å². The molecule has 1 heterocycles. The fourth-order valence-corrected chi connectivity index (χ4v) is 1.19. The van der Waals surface area contributed by atoms with Gasteiger partial charge in [-0.2, -0.15) is 0 Å². The summed E-state index contributed by atoms with van der Waals surface area (Å²) in [6, 6.07) is 1.58. The largest absolute Gasteiger partial charge is 0.444 e. The summed E-state index contributed by atoms with van der Waals surface area (Å²) in [4.78, 5) is 22.0. The van der Waals surface area contributed by atoms with Crippen LogP contribution in [0.1, 0.15) is 31.3 Å². The molecule has 0 atom stereocenters. The predicted molar refractivity (Wildman–Crippen MR) is 60.7 cm³/mol. The molecule has 1 amide bonds. The topological polar surface area (TPSA) is 60.3 Å². The number of hydrogen-bond donors (Lipinski definition) is 1. The maximum atomic E-state index is 11.4. The Morgan fingerprint density at radius 2 is 2.12 bits per heavy atom. The minimum atomic E-state index is -0.535. The average molecular weight is 224 g/mol. The van der Waals surface area contributed by atoms with Gasteiger partial charge >= 0.3 is 6.09 Å². The van der Waals surface area contributed by atoms with Gasteiger partial charge in [0, 0.05) is 13.2 Å². The van der Waals surface area contributed by atoms with Gasteiger partial charge in [0.2, 0.25) is 0 Å². The highest BCUT2D eigenvalue weighted by atomic mass is 16.6. The third-order valence-corrected chi connectivity index (χ3v) is 1.81. The standard InChI is InChI=1S/C11H16N2O3/c1-11(2,3)16-10(15)12-8-5-9(7-14)13(4)6-8/h5-7H,1-4H3,(H,12,15). The van der Waals surface area contributed by atoms with Gasteiger partial charge in [0.25, 0.3) is 0 Å². The zero-order valence-corrected chi connectivity index (χ0v) is 9.90. The molecule has 1 aromatic rings. The van der Waals surface area contributed by atoms with Crippen LogP contribution in [0.3, 0.4) is 0 Å². The first-order valence-corrected chi connectivity index (χ1v) is 4.93. The molecule has 0 fully saturated rings. The number of nitrogens with one attached hydrogen (secondary N) is 1. The van der Waals surface area contributed by atoms with E-state index in [4.69, 9.17) is 4.74 Å². The number of hydrogen-bond acceptors (Lipinski definition) is 3. The van der Waals surface area contributed by atoms with E-state index in [9.17, 15) is 9.59 Å². The Morgan fingerprint density at radius 3 is 2.56 bits per heavy atom. The van der Waals surface area contributed by atoms with Crippen LogP contribution >= 0.6 is 0 Å². The van der Waals surface area contributed by atoms with E-state index in [1.54, 1.807) is 44.6 Å². The molecule has 5 nitrogen and oxygen atoms in total. The molecule has 0 aliphatic rings. The van der Waals surface area contributed by atoms with Crippen LogP contribution in [0.25, 0.3) is 0 Å². The molecule has 0 saturated carbocycles. The van der Waals surface area contributed by atoms with Crippen molar-refractivity contribution in [3.63, 3.8) is 0 Å². The summed E-state index contributed by atoms with van der Waals surface area (Å²) in [6.07, 6.45) is 1.84. The van der Waals surface area contributed by atoms with Gasteiger partial charge in [0.1, 0.15) is 5.60 Å². The fourth-order valence-electron chi connectivity index (χ4n) is 1.19. The van der Waals surface area contributed by atoms with Gasteiger partial charge in [0.05, 0.1) is 11.4 Å². The molecular formula is C11H16N2O3. The Kier molecular flexibility index (Phi) is 3.37. The zero-order valence-electron chi connectivity index (χ0n) is 9.90. The van der Waals surface area contributed by atoms with Crippen LogP contribution in [0, 0.1) is 0 Å². The van der Waals surface area contributed by atoms with E-state index >= 15 is 0 Å². The molecule has 0 aromatic carbocycles. The second-order valence-corrected chi connectivity index (χ2v) is 4.51. The van der Waals surface area contributed by atoms with Gasteiger partial charge in [-0.25, -0.2) is 4.79 Å². The maximum Gasteiger partial charge on any atom is 0.412 e. The van der Waals surface area contributed by atoms with E-state index in [1.807, 2.05) is 0 Å². The Morgan fingerprint density at radius 1 is 1.50 bits per heavy atom. The van der Waals surface area contributed by atoms with Crippen molar-refractivity contribution in [1.82, 2.24) is 4.57 Å². The molecule has 0 spiro atoms. The summed E-state index contributed by atoms with van der Waals surface area (Å²) in [7, 11) is 1.73. The summed E-state index contributed by atoms with van der Waals surface area (Å²) in [5.74, 6) is 0. The van der Waals surface area contributed by atoms with Crippen molar-refractivity contribution >= 4 is 18.1 Å². The molecule has 0 saturated heterocycles. The number of aryl methyl sites for hydroxylation is 1. The molecule has 1 rings (SSSR count). The third kappa shape index (κ3) is 3.42. The smallest absolute Gasteiger partial charge is 0.412 e. The van der Waals surface area contributed by atoms with Crippen LogP contribution in [0.15, 0.2) is 12.3 Å². The van der Waals surface area contributed by atoms with Crippen LogP contribution in [-0.4, -0.2) is 22.5 Å². The van der Waals surface area contributed by atoms with Crippen molar-refractivity contribution in [3.8, 4) is 0 Å². The van der Waals surface area contributed by atoms with Crippen LogP contribution in [0.4, 0.5) is 10.5 Å². The van der Waals surface area contributed by atoms with Gasteiger partial charge < -0.3 is 9.30 Å². The Bertz CT molecular complexity index is 402. The first kappa shape index (κ1) is 12.3. The van der Waals surface area contributed by atoms with Gasteiger partial charge in [-0.15, -0.1) is 0 Å². The quantitative estimate of drug-likeness (QED) is 0.783. The molecule has 0 aliphatic carbocycles. The number of ether oxygens (including phenoxy) is 1. The fraction of sp³-hybridized carbons (Fsp3) is 0.455. The molecule has 0 radical (unpaired) electrons. The van der Waals surface area contributed by atoms with E-state index in [0.29, 0.717) is 11.4 Å². The number of carbonyl (C=O) groups excluding carboxylic acids is 2. The van der Waals surface area contributed by atoms with Crippen LogP contribution in [0.2, 0.25) is 0 Å². The van der Waals surface area contributed by atoms with Crippen LogP contribution in [-0.2, 0) is 11.8 Å². The van der Waals surface area contributed by atoms with E-state index in [0.717, 1.165) is 6.29 Å². The third-order valence-electron chi connectivity index (χ3n) is 1.81. The highest BCUT2D eigenvalue weighted by molar-refractivity contribution is 5.86. The SMILES string of the molecule is Cn1cc(NC(=O)OC(C)(C)C)cc1C=O. The number of amides is 1.